The summed E-state index contributed by atoms with van der Waals surface area (Å²) in [4.78, 5) is 26.4. The average molecular weight is 420 g/mol. The minimum Gasteiger partial charge on any atom is -0.480 e. The number of nitrogens with zero attached hydrogens (tertiary/aromatic N) is 1. The molecule has 1 N–H and O–H groups in total. The predicted molar refractivity (Wildman–Crippen MR) is 105 cm³/mol. The first-order chi connectivity index (χ1) is 13.5. The Morgan fingerprint density at radius 2 is 1.79 bits per heavy atom. The number of carbonyl (C=O) groups excluding carboxylic acids is 1. The Morgan fingerprint density at radius 3 is 2.39 bits per heavy atom. The van der Waals surface area contributed by atoms with Gasteiger partial charge in [0.05, 0.1) is 6.04 Å². The Morgan fingerprint density at radius 1 is 1.07 bits per heavy atom. The number of morpholine rings is 1. The minimum atomic E-state index is -0.985. The van der Waals surface area contributed by atoms with Crippen LogP contribution in [0, 0.1) is 5.92 Å². The Hall–Kier alpha value is -2.08. The van der Waals surface area contributed by atoms with Gasteiger partial charge in [0.2, 0.25) is 5.91 Å². The number of benzene rings is 2. The molecule has 0 radical (unpaired) electrons. The summed E-state index contributed by atoms with van der Waals surface area (Å²) in [5.41, 5.74) is 1.57. The summed E-state index contributed by atoms with van der Waals surface area (Å²) in [5.74, 6) is -1.34. The lowest BCUT2D eigenvalue weighted by molar-refractivity contribution is -0.172. The fourth-order valence-electron chi connectivity index (χ4n) is 3.87. The van der Waals surface area contributed by atoms with E-state index in [1.54, 1.807) is 24.3 Å². The quantitative estimate of drug-likeness (QED) is 0.774. The normalized spacial score (nSPS) is 23.5. The van der Waals surface area contributed by atoms with Crippen molar-refractivity contribution in [1.82, 2.24) is 4.90 Å². The molecule has 1 saturated carbocycles. The lowest BCUT2D eigenvalue weighted by Gasteiger charge is -2.44. The second-order valence-electron chi connectivity index (χ2n) is 7.20. The maximum atomic E-state index is 12.9. The SMILES string of the molecule is O=C(O)[C@H](C1CC1)N1C(=O)CO[C@H](c2cccc(Cl)c2)[C@@H]1c1ccc(Cl)cc1. The first kappa shape index (κ1) is 19.2. The molecule has 1 amide bonds. The van der Waals surface area contributed by atoms with Crippen LogP contribution in [0.1, 0.15) is 36.1 Å². The highest BCUT2D eigenvalue weighted by atomic mass is 35.5. The molecule has 2 aromatic rings. The molecule has 1 saturated heterocycles. The molecule has 3 atom stereocenters. The third kappa shape index (κ3) is 3.75. The molecule has 2 aliphatic rings. The van der Waals surface area contributed by atoms with Crippen LogP contribution in [0.25, 0.3) is 0 Å². The second-order valence-corrected chi connectivity index (χ2v) is 8.08. The van der Waals surface area contributed by atoms with Crippen molar-refractivity contribution in [3.63, 3.8) is 0 Å². The highest BCUT2D eigenvalue weighted by Gasteiger charge is 2.49. The molecule has 2 aromatic carbocycles. The van der Waals surface area contributed by atoms with E-state index in [0.717, 1.165) is 24.0 Å². The number of amides is 1. The van der Waals surface area contributed by atoms with Gasteiger partial charge in [0.25, 0.3) is 0 Å². The third-order valence-electron chi connectivity index (χ3n) is 5.27. The number of rotatable bonds is 5. The molecule has 1 aliphatic heterocycles. The molecule has 0 unspecified atom stereocenters. The zero-order valence-corrected chi connectivity index (χ0v) is 16.4. The van der Waals surface area contributed by atoms with E-state index < -0.39 is 24.2 Å². The summed E-state index contributed by atoms with van der Waals surface area (Å²) in [6, 6.07) is 12.9. The number of ether oxygens (including phenoxy) is 1. The van der Waals surface area contributed by atoms with Crippen molar-refractivity contribution in [1.29, 1.82) is 0 Å². The van der Waals surface area contributed by atoms with Crippen molar-refractivity contribution in [2.24, 2.45) is 5.92 Å². The molecule has 2 fully saturated rings. The van der Waals surface area contributed by atoms with E-state index in [0.29, 0.717) is 10.0 Å². The van der Waals surface area contributed by atoms with Crippen molar-refractivity contribution in [2.45, 2.75) is 31.0 Å². The molecule has 0 aromatic heterocycles. The fraction of sp³-hybridized carbons (Fsp3) is 0.333. The van der Waals surface area contributed by atoms with Crippen LogP contribution in [0.2, 0.25) is 10.0 Å². The van der Waals surface area contributed by atoms with E-state index in [1.807, 2.05) is 24.3 Å². The molecule has 146 valence electrons. The Bertz CT molecular complexity index is 898. The van der Waals surface area contributed by atoms with Gasteiger partial charge in [-0.2, -0.15) is 0 Å². The molecule has 1 heterocycles. The third-order valence-corrected chi connectivity index (χ3v) is 5.76. The number of carbonyl (C=O) groups is 2. The van der Waals surface area contributed by atoms with E-state index in [2.05, 4.69) is 0 Å². The van der Waals surface area contributed by atoms with E-state index in [4.69, 9.17) is 27.9 Å². The van der Waals surface area contributed by atoms with E-state index in [9.17, 15) is 14.7 Å². The number of aliphatic carboxylic acids is 1. The molecule has 0 bridgehead atoms. The van der Waals surface area contributed by atoms with Gasteiger partial charge >= 0.3 is 5.97 Å². The van der Waals surface area contributed by atoms with Crippen molar-refractivity contribution < 1.29 is 19.4 Å². The van der Waals surface area contributed by atoms with Crippen molar-refractivity contribution in [2.75, 3.05) is 6.61 Å². The molecule has 1 aliphatic carbocycles. The van der Waals surface area contributed by atoms with E-state index >= 15 is 0 Å². The molecule has 28 heavy (non-hydrogen) atoms. The van der Waals surface area contributed by atoms with Crippen molar-refractivity contribution in [3.05, 3.63) is 69.7 Å². The van der Waals surface area contributed by atoms with Gasteiger partial charge in [0.15, 0.2) is 0 Å². The summed E-state index contributed by atoms with van der Waals surface area (Å²) in [5, 5.41) is 11.0. The molecule has 0 spiro atoms. The molecule has 7 heteroatoms. The molecular weight excluding hydrogens is 401 g/mol. The van der Waals surface area contributed by atoms with Crippen LogP contribution < -0.4 is 0 Å². The first-order valence-electron chi connectivity index (χ1n) is 9.12. The first-order valence-corrected chi connectivity index (χ1v) is 9.88. The number of hydrogen-bond donors (Lipinski definition) is 1. The Kier molecular flexibility index (Phi) is 5.32. The van der Waals surface area contributed by atoms with Gasteiger partial charge in [-0.25, -0.2) is 4.79 Å². The largest absolute Gasteiger partial charge is 0.480 e. The second kappa shape index (κ2) is 7.74. The number of hydrogen-bond acceptors (Lipinski definition) is 3. The summed E-state index contributed by atoms with van der Waals surface area (Å²) in [6.07, 6.45) is 1.08. The van der Waals surface area contributed by atoms with Crippen LogP contribution in [0.4, 0.5) is 0 Å². The van der Waals surface area contributed by atoms with Gasteiger partial charge in [-0.3, -0.25) is 4.79 Å². The molecular formula is C21H19Cl2NO4. The van der Waals surface area contributed by atoms with Crippen LogP contribution in [-0.2, 0) is 14.3 Å². The van der Waals surface area contributed by atoms with Crippen LogP contribution in [0.5, 0.6) is 0 Å². The number of halogens is 2. The number of carboxylic acid groups (broad SMARTS) is 1. The Balaban J connectivity index is 1.82. The maximum Gasteiger partial charge on any atom is 0.326 e. The number of carboxylic acids is 1. The topological polar surface area (TPSA) is 66.8 Å². The minimum absolute atomic E-state index is 0.0330. The standard InChI is InChI=1S/C21H19Cl2NO4/c22-15-8-6-12(7-9-15)18-20(14-2-1-3-16(23)10-14)28-11-17(25)24(18)19(21(26)27)13-4-5-13/h1-3,6-10,13,18-20H,4-5,11H2,(H,26,27)/t18-,19-,20+/m0/s1. The van der Waals surface area contributed by atoms with Gasteiger partial charge in [0, 0.05) is 10.0 Å². The Labute approximate surface area is 172 Å². The highest BCUT2D eigenvalue weighted by molar-refractivity contribution is 6.30. The van der Waals surface area contributed by atoms with Crippen LogP contribution in [-0.4, -0.2) is 34.5 Å². The fourth-order valence-corrected chi connectivity index (χ4v) is 4.20. The smallest absolute Gasteiger partial charge is 0.326 e. The van der Waals surface area contributed by atoms with E-state index in [1.165, 1.54) is 4.90 Å². The zero-order valence-electron chi connectivity index (χ0n) is 14.9. The van der Waals surface area contributed by atoms with Crippen molar-refractivity contribution in [3.8, 4) is 0 Å². The lowest BCUT2D eigenvalue weighted by atomic mass is 9.90. The van der Waals surface area contributed by atoms with Gasteiger partial charge in [-0.15, -0.1) is 0 Å². The average Bonchev–Trinajstić information content (AvgIpc) is 3.48. The van der Waals surface area contributed by atoms with Gasteiger partial charge in [-0.05, 0) is 54.2 Å². The summed E-state index contributed by atoms with van der Waals surface area (Å²) in [6.45, 7) is -0.169. The van der Waals surface area contributed by atoms with Crippen LogP contribution in [0.3, 0.4) is 0 Å². The van der Waals surface area contributed by atoms with Crippen LogP contribution in [0.15, 0.2) is 48.5 Å². The lowest BCUT2D eigenvalue weighted by Crippen LogP contribution is -2.54. The van der Waals surface area contributed by atoms with E-state index in [-0.39, 0.29) is 18.4 Å². The maximum absolute atomic E-state index is 12.9. The van der Waals surface area contributed by atoms with Gasteiger partial charge < -0.3 is 14.7 Å². The summed E-state index contributed by atoms with van der Waals surface area (Å²) >= 11 is 12.2. The summed E-state index contributed by atoms with van der Waals surface area (Å²) < 4.78 is 5.91. The van der Waals surface area contributed by atoms with Gasteiger partial charge in [0.1, 0.15) is 18.8 Å². The zero-order chi connectivity index (χ0) is 19.8. The van der Waals surface area contributed by atoms with Gasteiger partial charge in [-0.1, -0.05) is 47.5 Å². The van der Waals surface area contributed by atoms with Crippen LogP contribution >= 0.6 is 23.2 Å². The predicted octanol–water partition coefficient (Wildman–Crippen LogP) is 4.50. The summed E-state index contributed by atoms with van der Waals surface area (Å²) in [7, 11) is 0. The molecule has 4 rings (SSSR count). The molecule has 5 nitrogen and oxygen atoms in total. The van der Waals surface area contributed by atoms with Crippen molar-refractivity contribution >= 4 is 35.1 Å². The highest BCUT2D eigenvalue weighted by Crippen LogP contribution is 2.46. The monoisotopic (exact) mass is 419 g/mol.